The van der Waals surface area contributed by atoms with Crippen LogP contribution in [0.2, 0.25) is 0 Å². The molecule has 0 unspecified atom stereocenters. The van der Waals surface area contributed by atoms with E-state index >= 15 is 0 Å². The molecule has 0 fully saturated rings. The number of amides is 1. The summed E-state index contributed by atoms with van der Waals surface area (Å²) >= 11 is 0. The van der Waals surface area contributed by atoms with Crippen molar-refractivity contribution in [3.63, 3.8) is 0 Å². The molecule has 0 N–H and O–H groups in total. The Hall–Kier alpha value is -1.38. The van der Waals surface area contributed by atoms with Crippen LogP contribution in [-0.2, 0) is 11.2 Å². The molecule has 3 heteroatoms. The van der Waals surface area contributed by atoms with E-state index in [-0.39, 0.29) is 11.7 Å². The third-order valence-electron chi connectivity index (χ3n) is 2.79. The van der Waals surface area contributed by atoms with E-state index in [1.165, 1.54) is 12.1 Å². The third-order valence-corrected chi connectivity index (χ3v) is 2.79. The molecule has 19 heavy (non-hydrogen) atoms. The number of hydrogen-bond acceptors (Lipinski definition) is 1. The SMILES string of the molecule is CC(C)CN(CC(C)C)C(=O)Cc1ccc(F)cc1. The lowest BCUT2D eigenvalue weighted by atomic mass is 10.1. The van der Waals surface area contributed by atoms with Gasteiger partial charge in [0, 0.05) is 13.1 Å². The zero-order valence-corrected chi connectivity index (χ0v) is 12.3. The summed E-state index contributed by atoms with van der Waals surface area (Å²) in [6.07, 6.45) is 0.347. The minimum atomic E-state index is -0.266. The van der Waals surface area contributed by atoms with E-state index in [1.54, 1.807) is 12.1 Å². The molecule has 2 nitrogen and oxygen atoms in total. The number of halogens is 1. The lowest BCUT2D eigenvalue weighted by Crippen LogP contribution is -2.37. The van der Waals surface area contributed by atoms with Crippen molar-refractivity contribution in [2.75, 3.05) is 13.1 Å². The fourth-order valence-corrected chi connectivity index (χ4v) is 2.05. The molecule has 1 aromatic rings. The summed E-state index contributed by atoms with van der Waals surface area (Å²) in [5, 5.41) is 0. The van der Waals surface area contributed by atoms with Crippen molar-refractivity contribution in [3.05, 3.63) is 35.6 Å². The second-order valence-corrected chi connectivity index (χ2v) is 5.89. The number of rotatable bonds is 6. The Morgan fingerprint density at radius 3 is 1.95 bits per heavy atom. The van der Waals surface area contributed by atoms with Crippen LogP contribution in [-0.4, -0.2) is 23.9 Å². The summed E-state index contributed by atoms with van der Waals surface area (Å²) < 4.78 is 12.8. The maximum atomic E-state index is 12.8. The van der Waals surface area contributed by atoms with Crippen LogP contribution in [0.25, 0.3) is 0 Å². The molecule has 0 heterocycles. The van der Waals surface area contributed by atoms with Crippen LogP contribution in [0.15, 0.2) is 24.3 Å². The van der Waals surface area contributed by atoms with Crippen LogP contribution in [0.3, 0.4) is 0 Å². The maximum Gasteiger partial charge on any atom is 0.227 e. The van der Waals surface area contributed by atoms with Crippen molar-refractivity contribution < 1.29 is 9.18 Å². The van der Waals surface area contributed by atoms with Crippen molar-refractivity contribution in [2.24, 2.45) is 11.8 Å². The van der Waals surface area contributed by atoms with Crippen molar-refractivity contribution in [2.45, 2.75) is 34.1 Å². The monoisotopic (exact) mass is 265 g/mol. The van der Waals surface area contributed by atoms with Crippen LogP contribution >= 0.6 is 0 Å². The Labute approximate surface area is 115 Å². The Morgan fingerprint density at radius 1 is 1.05 bits per heavy atom. The third kappa shape index (κ3) is 5.86. The molecule has 0 aromatic heterocycles. The smallest absolute Gasteiger partial charge is 0.227 e. The van der Waals surface area contributed by atoms with Crippen LogP contribution in [0, 0.1) is 17.7 Å². The van der Waals surface area contributed by atoms with Gasteiger partial charge in [0.1, 0.15) is 5.82 Å². The van der Waals surface area contributed by atoms with E-state index in [0.29, 0.717) is 18.3 Å². The Kier molecular flexibility index (Phi) is 6.00. The molecular formula is C16H24FNO. The summed E-state index contributed by atoms with van der Waals surface area (Å²) in [5.74, 6) is 0.762. The van der Waals surface area contributed by atoms with Gasteiger partial charge in [-0.2, -0.15) is 0 Å². The molecular weight excluding hydrogens is 241 g/mol. The highest BCUT2D eigenvalue weighted by atomic mass is 19.1. The molecule has 0 aliphatic rings. The summed E-state index contributed by atoms with van der Waals surface area (Å²) in [6.45, 7) is 9.99. The van der Waals surface area contributed by atoms with E-state index in [4.69, 9.17) is 0 Å². The van der Waals surface area contributed by atoms with E-state index in [9.17, 15) is 9.18 Å². The molecule has 0 atom stereocenters. The van der Waals surface area contributed by atoms with Crippen molar-refractivity contribution in [3.8, 4) is 0 Å². The van der Waals surface area contributed by atoms with Crippen LogP contribution < -0.4 is 0 Å². The highest BCUT2D eigenvalue weighted by molar-refractivity contribution is 5.78. The van der Waals surface area contributed by atoms with Gasteiger partial charge in [-0.25, -0.2) is 4.39 Å². The standard InChI is InChI=1S/C16H24FNO/c1-12(2)10-18(11-13(3)4)16(19)9-14-5-7-15(17)8-6-14/h5-8,12-13H,9-11H2,1-4H3. The van der Waals surface area contributed by atoms with E-state index in [2.05, 4.69) is 27.7 Å². The van der Waals surface area contributed by atoms with Gasteiger partial charge in [0.25, 0.3) is 0 Å². The molecule has 0 aliphatic heterocycles. The van der Waals surface area contributed by atoms with Crippen LogP contribution in [0.1, 0.15) is 33.3 Å². The molecule has 1 aromatic carbocycles. The van der Waals surface area contributed by atoms with Gasteiger partial charge in [-0.05, 0) is 29.5 Å². The van der Waals surface area contributed by atoms with Gasteiger partial charge >= 0.3 is 0 Å². The predicted octanol–water partition coefficient (Wildman–Crippen LogP) is 3.51. The molecule has 0 saturated heterocycles. The zero-order valence-electron chi connectivity index (χ0n) is 12.3. The normalized spacial score (nSPS) is 11.1. The van der Waals surface area contributed by atoms with Gasteiger partial charge in [-0.1, -0.05) is 39.8 Å². The Morgan fingerprint density at radius 2 is 1.53 bits per heavy atom. The van der Waals surface area contributed by atoms with E-state index in [0.717, 1.165) is 18.7 Å². The lowest BCUT2D eigenvalue weighted by molar-refractivity contribution is -0.131. The maximum absolute atomic E-state index is 12.8. The van der Waals surface area contributed by atoms with Crippen LogP contribution in [0.4, 0.5) is 4.39 Å². The molecule has 1 rings (SSSR count). The summed E-state index contributed by atoms with van der Waals surface area (Å²) in [5.41, 5.74) is 0.865. The van der Waals surface area contributed by atoms with Gasteiger partial charge in [0.15, 0.2) is 0 Å². The second-order valence-electron chi connectivity index (χ2n) is 5.89. The number of nitrogens with zero attached hydrogens (tertiary/aromatic N) is 1. The summed E-state index contributed by atoms with van der Waals surface area (Å²) in [6, 6.07) is 6.15. The topological polar surface area (TPSA) is 20.3 Å². The van der Waals surface area contributed by atoms with Crippen molar-refractivity contribution in [1.29, 1.82) is 0 Å². The number of benzene rings is 1. The average Bonchev–Trinajstić information content (AvgIpc) is 2.30. The first kappa shape index (κ1) is 15.7. The van der Waals surface area contributed by atoms with Gasteiger partial charge in [0.05, 0.1) is 6.42 Å². The van der Waals surface area contributed by atoms with Crippen molar-refractivity contribution in [1.82, 2.24) is 4.90 Å². The molecule has 1 amide bonds. The first-order valence-electron chi connectivity index (χ1n) is 6.90. The fourth-order valence-electron chi connectivity index (χ4n) is 2.05. The predicted molar refractivity (Wildman–Crippen MR) is 76.4 cm³/mol. The molecule has 0 saturated carbocycles. The minimum Gasteiger partial charge on any atom is -0.342 e. The number of carbonyl (C=O) groups excluding carboxylic acids is 1. The molecule has 0 spiro atoms. The van der Waals surface area contributed by atoms with Gasteiger partial charge in [-0.3, -0.25) is 4.79 Å². The zero-order chi connectivity index (χ0) is 14.4. The Balaban J connectivity index is 2.67. The first-order chi connectivity index (χ1) is 8.88. The largest absolute Gasteiger partial charge is 0.342 e. The highest BCUT2D eigenvalue weighted by Gasteiger charge is 2.16. The Bertz CT molecular complexity index is 388. The molecule has 0 radical (unpaired) electrons. The molecule has 0 aliphatic carbocycles. The fraction of sp³-hybridized carbons (Fsp3) is 0.562. The van der Waals surface area contributed by atoms with Gasteiger partial charge in [0.2, 0.25) is 5.91 Å². The molecule has 0 bridgehead atoms. The van der Waals surface area contributed by atoms with Crippen LogP contribution in [0.5, 0.6) is 0 Å². The van der Waals surface area contributed by atoms with E-state index < -0.39 is 0 Å². The number of carbonyl (C=O) groups is 1. The lowest BCUT2D eigenvalue weighted by Gasteiger charge is -2.26. The first-order valence-corrected chi connectivity index (χ1v) is 6.90. The van der Waals surface area contributed by atoms with Crippen molar-refractivity contribution >= 4 is 5.91 Å². The quantitative estimate of drug-likeness (QED) is 0.771. The second kappa shape index (κ2) is 7.27. The average molecular weight is 265 g/mol. The van der Waals surface area contributed by atoms with Gasteiger partial charge in [-0.15, -0.1) is 0 Å². The molecule has 106 valence electrons. The summed E-state index contributed by atoms with van der Waals surface area (Å²) in [4.78, 5) is 14.2. The summed E-state index contributed by atoms with van der Waals surface area (Å²) in [7, 11) is 0. The minimum absolute atomic E-state index is 0.119. The number of hydrogen-bond donors (Lipinski definition) is 0. The highest BCUT2D eigenvalue weighted by Crippen LogP contribution is 2.09. The van der Waals surface area contributed by atoms with E-state index in [1.807, 2.05) is 4.90 Å². The van der Waals surface area contributed by atoms with Gasteiger partial charge < -0.3 is 4.90 Å².